The van der Waals surface area contributed by atoms with E-state index in [9.17, 15) is 9.90 Å². The van der Waals surface area contributed by atoms with E-state index in [1.165, 1.54) is 0 Å². The summed E-state index contributed by atoms with van der Waals surface area (Å²) in [6.45, 7) is 7.75. The van der Waals surface area contributed by atoms with Crippen LogP contribution in [0, 0.1) is 17.3 Å². The van der Waals surface area contributed by atoms with Crippen LogP contribution >= 0.6 is 0 Å². The van der Waals surface area contributed by atoms with Crippen molar-refractivity contribution in [1.29, 1.82) is 0 Å². The Kier molecular flexibility index (Phi) is 2.81. The minimum Gasteiger partial charge on any atom is -0.392 e. The molecule has 0 aromatic rings. The van der Waals surface area contributed by atoms with Crippen LogP contribution in [0.3, 0.4) is 0 Å². The van der Waals surface area contributed by atoms with Gasteiger partial charge in [0.25, 0.3) is 0 Å². The smallest absolute Gasteiger partial charge is 0.144 e. The van der Waals surface area contributed by atoms with Gasteiger partial charge < -0.3 is 5.11 Å². The van der Waals surface area contributed by atoms with Gasteiger partial charge in [-0.1, -0.05) is 20.8 Å². The Morgan fingerprint density at radius 2 is 2.08 bits per heavy atom. The van der Waals surface area contributed by atoms with Gasteiger partial charge in [0.15, 0.2) is 0 Å². The van der Waals surface area contributed by atoms with Crippen LogP contribution in [0.25, 0.3) is 0 Å². The molecule has 0 aromatic carbocycles. The molecule has 0 bridgehead atoms. The third kappa shape index (κ3) is 1.78. The van der Waals surface area contributed by atoms with Crippen LogP contribution in [0.15, 0.2) is 0 Å². The van der Waals surface area contributed by atoms with Crippen molar-refractivity contribution in [1.82, 2.24) is 0 Å². The van der Waals surface area contributed by atoms with Gasteiger partial charge >= 0.3 is 0 Å². The number of carbonyl (C=O) groups is 1. The van der Waals surface area contributed by atoms with Crippen molar-refractivity contribution in [3.8, 4) is 0 Å². The minimum absolute atomic E-state index is 0.114. The van der Waals surface area contributed by atoms with E-state index in [1.807, 2.05) is 13.8 Å². The predicted molar refractivity (Wildman–Crippen MR) is 52.4 cm³/mol. The van der Waals surface area contributed by atoms with Crippen LogP contribution < -0.4 is 0 Å². The highest BCUT2D eigenvalue weighted by atomic mass is 16.3. The number of aliphatic hydroxyl groups is 1. The average molecular weight is 184 g/mol. The Balaban J connectivity index is 2.88. The quantitative estimate of drug-likeness (QED) is 0.677. The van der Waals surface area contributed by atoms with Crippen molar-refractivity contribution in [3.05, 3.63) is 0 Å². The molecule has 0 saturated heterocycles. The standard InChI is InChI=1S/C11H20O2/c1-7-5-8(2)10(13)11(4,6-7)9(3)12/h7-9,12H,5-6H2,1-4H3/t7-,8+,9-,11-/m0/s1. The second-order valence-corrected chi connectivity index (χ2v) is 4.90. The van der Waals surface area contributed by atoms with E-state index in [-0.39, 0.29) is 11.7 Å². The Morgan fingerprint density at radius 1 is 1.54 bits per heavy atom. The number of hydrogen-bond donors (Lipinski definition) is 1. The predicted octanol–water partition coefficient (Wildman–Crippen LogP) is 2.01. The second-order valence-electron chi connectivity index (χ2n) is 4.90. The molecule has 1 rings (SSSR count). The number of hydrogen-bond acceptors (Lipinski definition) is 2. The van der Waals surface area contributed by atoms with E-state index in [1.54, 1.807) is 6.92 Å². The summed E-state index contributed by atoms with van der Waals surface area (Å²) >= 11 is 0. The third-order valence-corrected chi connectivity index (χ3v) is 3.46. The molecular formula is C11H20O2. The summed E-state index contributed by atoms with van der Waals surface area (Å²) in [6, 6.07) is 0. The molecule has 2 nitrogen and oxygen atoms in total. The third-order valence-electron chi connectivity index (χ3n) is 3.46. The van der Waals surface area contributed by atoms with Crippen LogP contribution in [0.4, 0.5) is 0 Å². The summed E-state index contributed by atoms with van der Waals surface area (Å²) in [5, 5.41) is 9.62. The van der Waals surface area contributed by atoms with Crippen molar-refractivity contribution >= 4 is 5.78 Å². The molecule has 0 aliphatic heterocycles. The van der Waals surface area contributed by atoms with E-state index in [4.69, 9.17) is 0 Å². The van der Waals surface area contributed by atoms with Crippen LogP contribution in [0.5, 0.6) is 0 Å². The monoisotopic (exact) mass is 184 g/mol. The molecule has 0 heterocycles. The van der Waals surface area contributed by atoms with Gasteiger partial charge in [0.1, 0.15) is 5.78 Å². The first-order valence-electron chi connectivity index (χ1n) is 5.10. The lowest BCUT2D eigenvalue weighted by Gasteiger charge is -2.40. The Morgan fingerprint density at radius 3 is 2.54 bits per heavy atom. The van der Waals surface area contributed by atoms with Gasteiger partial charge in [-0.3, -0.25) is 4.79 Å². The van der Waals surface area contributed by atoms with Crippen molar-refractivity contribution in [2.24, 2.45) is 17.3 Å². The highest BCUT2D eigenvalue weighted by Gasteiger charge is 2.44. The largest absolute Gasteiger partial charge is 0.392 e. The fourth-order valence-electron chi connectivity index (χ4n) is 2.56. The summed E-state index contributed by atoms with van der Waals surface area (Å²) < 4.78 is 0. The number of rotatable bonds is 1. The number of carbonyl (C=O) groups excluding carboxylic acids is 1. The molecule has 0 amide bonds. The Labute approximate surface area is 80.3 Å². The lowest BCUT2D eigenvalue weighted by molar-refractivity contribution is -0.143. The van der Waals surface area contributed by atoms with Gasteiger partial charge in [-0.15, -0.1) is 0 Å². The maximum absolute atomic E-state index is 11.9. The first kappa shape index (κ1) is 10.7. The second kappa shape index (κ2) is 3.41. The Bertz CT molecular complexity index is 210. The first-order valence-corrected chi connectivity index (χ1v) is 5.10. The number of aliphatic hydroxyl groups excluding tert-OH is 1. The van der Waals surface area contributed by atoms with E-state index in [2.05, 4.69) is 6.92 Å². The molecule has 1 fully saturated rings. The highest BCUT2D eigenvalue weighted by molar-refractivity contribution is 5.87. The van der Waals surface area contributed by atoms with Crippen molar-refractivity contribution in [3.63, 3.8) is 0 Å². The lowest BCUT2D eigenvalue weighted by Crippen LogP contribution is -2.46. The van der Waals surface area contributed by atoms with Gasteiger partial charge in [-0.25, -0.2) is 0 Å². The molecule has 13 heavy (non-hydrogen) atoms. The van der Waals surface area contributed by atoms with E-state index in [0.717, 1.165) is 12.8 Å². The lowest BCUT2D eigenvalue weighted by atomic mass is 9.64. The fraction of sp³-hybridized carbons (Fsp3) is 0.909. The van der Waals surface area contributed by atoms with E-state index < -0.39 is 11.5 Å². The van der Waals surface area contributed by atoms with Gasteiger partial charge in [0, 0.05) is 5.92 Å². The van der Waals surface area contributed by atoms with Crippen LogP contribution in [-0.2, 0) is 4.79 Å². The van der Waals surface area contributed by atoms with Crippen molar-refractivity contribution in [2.75, 3.05) is 0 Å². The van der Waals surface area contributed by atoms with Crippen LogP contribution in [0.2, 0.25) is 0 Å². The maximum Gasteiger partial charge on any atom is 0.144 e. The molecule has 2 heteroatoms. The van der Waals surface area contributed by atoms with Crippen LogP contribution in [-0.4, -0.2) is 17.0 Å². The summed E-state index contributed by atoms with van der Waals surface area (Å²) in [7, 11) is 0. The zero-order valence-corrected chi connectivity index (χ0v) is 9.00. The summed E-state index contributed by atoms with van der Waals surface area (Å²) in [6.07, 6.45) is 1.28. The molecule has 0 aromatic heterocycles. The summed E-state index contributed by atoms with van der Waals surface area (Å²) in [5.41, 5.74) is -0.503. The SMILES string of the molecule is C[C@H]1C[C@@H](C)C(=O)[C@](C)([C@H](C)O)C1. The molecular weight excluding hydrogens is 164 g/mol. The fourth-order valence-corrected chi connectivity index (χ4v) is 2.56. The highest BCUT2D eigenvalue weighted by Crippen LogP contribution is 2.41. The number of Topliss-reactive ketones (excluding diaryl/α,β-unsaturated/α-hetero) is 1. The van der Waals surface area contributed by atoms with Gasteiger partial charge in [-0.05, 0) is 25.7 Å². The van der Waals surface area contributed by atoms with Crippen molar-refractivity contribution in [2.45, 2.75) is 46.6 Å². The van der Waals surface area contributed by atoms with E-state index >= 15 is 0 Å². The molecule has 76 valence electrons. The Hall–Kier alpha value is -0.370. The molecule has 1 N–H and O–H groups in total. The maximum atomic E-state index is 11.9. The van der Waals surface area contributed by atoms with Gasteiger partial charge in [0.05, 0.1) is 11.5 Å². The summed E-state index contributed by atoms with van der Waals surface area (Å²) in [4.78, 5) is 11.9. The first-order chi connectivity index (χ1) is 5.88. The molecule has 1 saturated carbocycles. The van der Waals surface area contributed by atoms with Gasteiger partial charge in [-0.2, -0.15) is 0 Å². The van der Waals surface area contributed by atoms with Gasteiger partial charge in [0.2, 0.25) is 0 Å². The van der Waals surface area contributed by atoms with Crippen molar-refractivity contribution < 1.29 is 9.90 Å². The zero-order chi connectivity index (χ0) is 10.2. The normalized spacial score (nSPS) is 43.3. The topological polar surface area (TPSA) is 37.3 Å². The molecule has 0 spiro atoms. The molecule has 0 radical (unpaired) electrons. The van der Waals surface area contributed by atoms with Crippen LogP contribution in [0.1, 0.15) is 40.5 Å². The molecule has 1 aliphatic rings. The minimum atomic E-state index is -0.523. The molecule has 4 atom stereocenters. The summed E-state index contributed by atoms with van der Waals surface area (Å²) in [5.74, 6) is 0.899. The average Bonchev–Trinajstić information content (AvgIpc) is 1.99. The number of ketones is 1. The van der Waals surface area contributed by atoms with E-state index in [0.29, 0.717) is 5.92 Å². The zero-order valence-electron chi connectivity index (χ0n) is 9.00. The molecule has 1 aliphatic carbocycles. The molecule has 0 unspecified atom stereocenters.